The molecule has 2 aliphatic carbocycles. The predicted octanol–water partition coefficient (Wildman–Crippen LogP) is 7.27. The van der Waals surface area contributed by atoms with E-state index in [2.05, 4.69) is 19.1 Å². The molecule has 0 atom stereocenters. The van der Waals surface area contributed by atoms with Crippen LogP contribution in [-0.2, 0) is 0 Å². The highest BCUT2D eigenvalue weighted by molar-refractivity contribution is 5.36. The van der Waals surface area contributed by atoms with Gasteiger partial charge in [0.25, 0.3) is 0 Å². The van der Waals surface area contributed by atoms with Gasteiger partial charge in [-0.25, -0.2) is 8.78 Å². The molecule has 3 rings (SSSR count). The Bertz CT molecular complexity index is 664. The number of allylic oxidation sites excluding steroid dienone is 2. The highest BCUT2D eigenvalue weighted by atomic mass is 19.1. The first-order valence-electron chi connectivity index (χ1n) is 10.7. The van der Waals surface area contributed by atoms with Crippen LogP contribution in [0.2, 0.25) is 0 Å². The molecule has 0 heterocycles. The second-order valence-electron chi connectivity index (χ2n) is 8.54. The summed E-state index contributed by atoms with van der Waals surface area (Å²) < 4.78 is 27.7. The lowest BCUT2D eigenvalue weighted by atomic mass is 9.77. The Morgan fingerprint density at radius 2 is 1.44 bits per heavy atom. The van der Waals surface area contributed by atoms with Gasteiger partial charge in [0.1, 0.15) is 23.3 Å². The van der Waals surface area contributed by atoms with Gasteiger partial charge in [-0.05, 0) is 92.7 Å². The van der Waals surface area contributed by atoms with E-state index in [1.54, 1.807) is 6.07 Å². The average Bonchev–Trinajstić information content (AvgIpc) is 2.68. The molecule has 0 amide bonds. The summed E-state index contributed by atoms with van der Waals surface area (Å²) in [6.45, 7) is 2.28. The van der Waals surface area contributed by atoms with Crippen molar-refractivity contribution in [1.29, 1.82) is 5.26 Å². The second kappa shape index (κ2) is 9.49. The summed E-state index contributed by atoms with van der Waals surface area (Å²) >= 11 is 0. The van der Waals surface area contributed by atoms with Gasteiger partial charge in [-0.1, -0.05) is 31.9 Å². The van der Waals surface area contributed by atoms with E-state index in [1.807, 2.05) is 0 Å². The van der Waals surface area contributed by atoms with Crippen LogP contribution in [0, 0.1) is 40.7 Å². The fourth-order valence-corrected chi connectivity index (χ4v) is 4.97. The molecule has 0 aromatic heterocycles. The molecule has 2 aliphatic rings. The maximum Gasteiger partial charge on any atom is 0.144 e. The predicted molar refractivity (Wildman–Crippen MR) is 105 cm³/mol. The zero-order valence-electron chi connectivity index (χ0n) is 16.4. The van der Waals surface area contributed by atoms with Gasteiger partial charge >= 0.3 is 0 Å². The summed E-state index contributed by atoms with van der Waals surface area (Å²) in [6, 6.07) is 4.32. The molecular formula is C24H31F2N. The third-order valence-electron chi connectivity index (χ3n) is 6.66. The SMILES string of the molecule is CCC[C@H]1CC[C@H](/C=C/[C@H]2CC[C@H](c3cc(F)c(C#N)c(F)c3)CC2)CC1. The van der Waals surface area contributed by atoms with E-state index < -0.39 is 17.2 Å². The lowest BCUT2D eigenvalue weighted by Crippen LogP contribution is -2.15. The maximum absolute atomic E-state index is 13.9. The highest BCUT2D eigenvalue weighted by Gasteiger charge is 2.24. The zero-order chi connectivity index (χ0) is 19.2. The van der Waals surface area contributed by atoms with Crippen molar-refractivity contribution in [2.24, 2.45) is 17.8 Å². The van der Waals surface area contributed by atoms with Crippen LogP contribution in [0.15, 0.2) is 24.3 Å². The van der Waals surface area contributed by atoms with Crippen molar-refractivity contribution in [2.75, 3.05) is 0 Å². The maximum atomic E-state index is 13.9. The number of halogens is 2. The quantitative estimate of drug-likeness (QED) is 0.499. The molecule has 27 heavy (non-hydrogen) atoms. The Balaban J connectivity index is 1.49. The normalized spacial score (nSPS) is 29.0. The lowest BCUT2D eigenvalue weighted by molar-refractivity contribution is 0.292. The molecule has 0 saturated heterocycles. The van der Waals surface area contributed by atoms with Gasteiger partial charge in [-0.3, -0.25) is 0 Å². The molecule has 0 N–H and O–H groups in total. The molecule has 0 spiro atoms. The van der Waals surface area contributed by atoms with E-state index in [4.69, 9.17) is 5.26 Å². The first kappa shape index (κ1) is 20.1. The largest absolute Gasteiger partial charge is 0.205 e. The van der Waals surface area contributed by atoms with Gasteiger partial charge in [0.15, 0.2) is 0 Å². The van der Waals surface area contributed by atoms with Gasteiger partial charge in [-0.2, -0.15) is 5.26 Å². The van der Waals surface area contributed by atoms with Crippen molar-refractivity contribution >= 4 is 0 Å². The molecule has 0 aliphatic heterocycles. The minimum absolute atomic E-state index is 0.205. The Kier molecular flexibility index (Phi) is 7.05. The average molecular weight is 372 g/mol. The summed E-state index contributed by atoms with van der Waals surface area (Å²) in [5, 5.41) is 8.81. The van der Waals surface area contributed by atoms with Crippen LogP contribution < -0.4 is 0 Å². The lowest BCUT2D eigenvalue weighted by Gasteiger charge is -2.29. The number of nitrogens with zero attached hydrogens (tertiary/aromatic N) is 1. The van der Waals surface area contributed by atoms with Crippen molar-refractivity contribution in [3.8, 4) is 6.07 Å². The minimum atomic E-state index is -0.729. The molecule has 1 nitrogen and oxygen atoms in total. The Hall–Kier alpha value is -1.69. The number of hydrogen-bond acceptors (Lipinski definition) is 1. The number of benzene rings is 1. The van der Waals surface area contributed by atoms with E-state index in [0.717, 1.165) is 37.5 Å². The number of hydrogen-bond donors (Lipinski definition) is 0. The van der Waals surface area contributed by atoms with Crippen molar-refractivity contribution in [3.05, 3.63) is 47.0 Å². The van der Waals surface area contributed by atoms with Crippen LogP contribution in [0.1, 0.15) is 88.2 Å². The molecule has 146 valence electrons. The molecule has 0 bridgehead atoms. The first-order valence-corrected chi connectivity index (χ1v) is 10.7. The summed E-state index contributed by atoms with van der Waals surface area (Å²) in [5.41, 5.74) is 0.240. The Labute approximate surface area is 162 Å². The zero-order valence-corrected chi connectivity index (χ0v) is 16.4. The number of rotatable bonds is 5. The van der Waals surface area contributed by atoms with Crippen LogP contribution in [0.3, 0.4) is 0 Å². The summed E-state index contributed by atoms with van der Waals surface area (Å²) in [4.78, 5) is 0. The molecular weight excluding hydrogens is 340 g/mol. The van der Waals surface area contributed by atoms with Gasteiger partial charge in [0, 0.05) is 0 Å². The van der Waals surface area contributed by atoms with Crippen LogP contribution in [0.25, 0.3) is 0 Å². The Morgan fingerprint density at radius 3 is 1.93 bits per heavy atom. The van der Waals surface area contributed by atoms with E-state index in [-0.39, 0.29) is 5.92 Å². The van der Waals surface area contributed by atoms with Crippen molar-refractivity contribution in [1.82, 2.24) is 0 Å². The van der Waals surface area contributed by atoms with Crippen LogP contribution >= 0.6 is 0 Å². The van der Waals surface area contributed by atoms with Crippen LogP contribution in [-0.4, -0.2) is 0 Å². The third-order valence-corrected chi connectivity index (χ3v) is 6.66. The van der Waals surface area contributed by atoms with Crippen LogP contribution in [0.5, 0.6) is 0 Å². The summed E-state index contributed by atoms with van der Waals surface area (Å²) in [6.07, 6.45) is 17.1. The Morgan fingerprint density at radius 1 is 0.926 bits per heavy atom. The van der Waals surface area contributed by atoms with Crippen LogP contribution in [0.4, 0.5) is 8.78 Å². The third kappa shape index (κ3) is 5.18. The summed E-state index contributed by atoms with van der Waals surface area (Å²) in [5.74, 6) is 1.04. The molecule has 1 aromatic carbocycles. The van der Waals surface area contributed by atoms with E-state index in [1.165, 1.54) is 50.7 Å². The van der Waals surface area contributed by atoms with Crippen molar-refractivity contribution < 1.29 is 8.78 Å². The van der Waals surface area contributed by atoms with Crippen molar-refractivity contribution in [2.45, 2.75) is 77.0 Å². The molecule has 2 saturated carbocycles. The molecule has 3 heteroatoms. The molecule has 1 aromatic rings. The minimum Gasteiger partial charge on any atom is -0.205 e. The second-order valence-corrected chi connectivity index (χ2v) is 8.54. The smallest absolute Gasteiger partial charge is 0.144 e. The van der Waals surface area contributed by atoms with E-state index in [9.17, 15) is 8.78 Å². The highest BCUT2D eigenvalue weighted by Crippen LogP contribution is 2.38. The summed E-state index contributed by atoms with van der Waals surface area (Å²) in [7, 11) is 0. The standard InChI is InChI=1S/C24H31F2N/c1-2-3-17-4-6-18(7-5-17)8-9-19-10-12-20(13-11-19)21-14-23(25)22(16-27)24(26)15-21/h8-9,14-15,17-20H,2-7,10-13H2,1H3/b9-8+/t17-,18-,19-,20-. The topological polar surface area (TPSA) is 23.8 Å². The fourth-order valence-electron chi connectivity index (χ4n) is 4.97. The monoisotopic (exact) mass is 371 g/mol. The first-order chi connectivity index (χ1) is 13.1. The molecule has 2 fully saturated rings. The van der Waals surface area contributed by atoms with Gasteiger partial charge < -0.3 is 0 Å². The fraction of sp³-hybridized carbons (Fsp3) is 0.625. The van der Waals surface area contributed by atoms with E-state index in [0.29, 0.717) is 11.5 Å². The van der Waals surface area contributed by atoms with Crippen molar-refractivity contribution in [3.63, 3.8) is 0 Å². The molecule has 0 unspecified atom stereocenters. The van der Waals surface area contributed by atoms with Gasteiger partial charge in [-0.15, -0.1) is 0 Å². The van der Waals surface area contributed by atoms with Gasteiger partial charge in [0.05, 0.1) is 0 Å². The number of nitriles is 1. The van der Waals surface area contributed by atoms with E-state index >= 15 is 0 Å². The molecule has 0 radical (unpaired) electrons. The van der Waals surface area contributed by atoms with Gasteiger partial charge in [0.2, 0.25) is 0 Å².